The van der Waals surface area contributed by atoms with Crippen LogP contribution >= 0.6 is 0 Å². The Morgan fingerprint density at radius 3 is 2.29 bits per heavy atom. The lowest BCUT2D eigenvalue weighted by atomic mass is 10.1. The summed E-state index contributed by atoms with van der Waals surface area (Å²) in [5.74, 6) is -2.89. The van der Waals surface area contributed by atoms with Gasteiger partial charge < -0.3 is 16.2 Å². The lowest BCUT2D eigenvalue weighted by Crippen LogP contribution is -2.22. The Kier molecular flexibility index (Phi) is 3.89. The predicted octanol–water partition coefficient (Wildman–Crippen LogP) is 0.526. The number of carboxylic acids is 1. The largest absolute Gasteiger partial charge is 0.476 e. The minimum Gasteiger partial charge on any atom is -0.476 e. The van der Waals surface area contributed by atoms with E-state index in [9.17, 15) is 14.4 Å². The molecule has 8 nitrogen and oxygen atoms in total. The molecule has 0 aliphatic rings. The number of benzene rings is 1. The zero-order valence-electron chi connectivity index (χ0n) is 10.6. The third kappa shape index (κ3) is 3.00. The van der Waals surface area contributed by atoms with Crippen LogP contribution in [0.5, 0.6) is 0 Å². The third-order valence-corrected chi connectivity index (χ3v) is 2.56. The van der Waals surface area contributed by atoms with Gasteiger partial charge >= 0.3 is 5.97 Å². The summed E-state index contributed by atoms with van der Waals surface area (Å²) in [5, 5.41) is 11.4. The number of primary amides is 1. The average Bonchev–Trinajstić information content (AvgIpc) is 2.47. The van der Waals surface area contributed by atoms with E-state index in [1.54, 1.807) is 12.1 Å². The molecule has 1 aromatic heterocycles. The maximum Gasteiger partial charge on any atom is 0.356 e. The monoisotopic (exact) mass is 286 g/mol. The molecule has 0 radical (unpaired) electrons. The Hall–Kier alpha value is -3.29. The minimum atomic E-state index is -1.38. The van der Waals surface area contributed by atoms with E-state index in [-0.39, 0.29) is 16.9 Å². The maximum absolute atomic E-state index is 12.1. The third-order valence-electron chi connectivity index (χ3n) is 2.56. The number of nitrogens with zero attached hydrogens (tertiary/aromatic N) is 2. The van der Waals surface area contributed by atoms with Crippen molar-refractivity contribution in [3.63, 3.8) is 0 Å². The second-order valence-electron chi connectivity index (χ2n) is 3.92. The highest BCUT2D eigenvalue weighted by Gasteiger charge is 2.20. The Balaban J connectivity index is 2.36. The van der Waals surface area contributed by atoms with Gasteiger partial charge in [0.2, 0.25) is 0 Å². The van der Waals surface area contributed by atoms with Gasteiger partial charge in [0.15, 0.2) is 11.4 Å². The number of amides is 2. The van der Waals surface area contributed by atoms with Gasteiger partial charge in [0.05, 0.1) is 11.3 Å². The van der Waals surface area contributed by atoms with Crippen LogP contribution in [0.1, 0.15) is 31.3 Å². The quantitative estimate of drug-likeness (QED) is 0.750. The highest BCUT2D eigenvalue weighted by Crippen LogP contribution is 2.15. The van der Waals surface area contributed by atoms with Crippen molar-refractivity contribution in [1.29, 1.82) is 0 Å². The summed E-state index contributed by atoms with van der Waals surface area (Å²) < 4.78 is 0. The number of nitrogens with two attached hydrogens (primary N) is 1. The van der Waals surface area contributed by atoms with Crippen molar-refractivity contribution in [3.05, 3.63) is 53.6 Å². The number of nitrogens with one attached hydrogen (secondary N) is 1. The van der Waals surface area contributed by atoms with Gasteiger partial charge in [0.1, 0.15) is 0 Å². The summed E-state index contributed by atoms with van der Waals surface area (Å²) in [4.78, 5) is 41.6. The van der Waals surface area contributed by atoms with Gasteiger partial charge in [0, 0.05) is 12.4 Å². The fourth-order valence-electron chi connectivity index (χ4n) is 1.65. The number of aromatic nitrogens is 2. The second kappa shape index (κ2) is 5.78. The van der Waals surface area contributed by atoms with E-state index in [4.69, 9.17) is 10.8 Å². The van der Waals surface area contributed by atoms with E-state index in [2.05, 4.69) is 15.3 Å². The lowest BCUT2D eigenvalue weighted by Gasteiger charge is -2.09. The normalized spacial score (nSPS) is 9.90. The number of rotatable bonds is 4. The predicted molar refractivity (Wildman–Crippen MR) is 71.9 cm³/mol. The highest BCUT2D eigenvalue weighted by molar-refractivity contribution is 6.11. The molecule has 21 heavy (non-hydrogen) atoms. The summed E-state index contributed by atoms with van der Waals surface area (Å²) >= 11 is 0. The van der Waals surface area contributed by atoms with E-state index in [0.717, 1.165) is 6.20 Å². The molecule has 2 amide bonds. The van der Waals surface area contributed by atoms with Crippen molar-refractivity contribution in [2.45, 2.75) is 0 Å². The average molecular weight is 286 g/mol. The van der Waals surface area contributed by atoms with Crippen LogP contribution in [0.3, 0.4) is 0 Å². The van der Waals surface area contributed by atoms with Crippen molar-refractivity contribution >= 4 is 23.5 Å². The van der Waals surface area contributed by atoms with Gasteiger partial charge in [0.25, 0.3) is 11.8 Å². The zero-order chi connectivity index (χ0) is 15.4. The number of carbonyl (C=O) groups is 3. The molecule has 0 aliphatic carbocycles. The Morgan fingerprint density at radius 1 is 1.05 bits per heavy atom. The van der Waals surface area contributed by atoms with Crippen LogP contribution in [0.25, 0.3) is 0 Å². The van der Waals surface area contributed by atoms with Crippen molar-refractivity contribution in [1.82, 2.24) is 9.97 Å². The van der Waals surface area contributed by atoms with Gasteiger partial charge in [-0.15, -0.1) is 0 Å². The molecular formula is C13H10N4O4. The molecule has 2 aromatic rings. The maximum atomic E-state index is 12.1. The molecule has 0 atom stereocenters. The van der Waals surface area contributed by atoms with Crippen LogP contribution in [0.15, 0.2) is 36.7 Å². The molecule has 2 rings (SSSR count). The van der Waals surface area contributed by atoms with Crippen molar-refractivity contribution in [2.24, 2.45) is 5.73 Å². The topological polar surface area (TPSA) is 135 Å². The number of aromatic carboxylic acids is 1. The zero-order valence-corrected chi connectivity index (χ0v) is 10.6. The van der Waals surface area contributed by atoms with Crippen LogP contribution in [0.2, 0.25) is 0 Å². The summed E-state index contributed by atoms with van der Waals surface area (Å²) in [5.41, 5.74) is 4.62. The van der Waals surface area contributed by atoms with Crippen LogP contribution in [0, 0.1) is 0 Å². The van der Waals surface area contributed by atoms with E-state index in [1.165, 1.54) is 18.3 Å². The molecule has 0 fully saturated rings. The molecule has 0 aliphatic heterocycles. The Morgan fingerprint density at radius 2 is 1.67 bits per heavy atom. The van der Waals surface area contributed by atoms with Gasteiger partial charge in [-0.1, -0.05) is 12.1 Å². The highest BCUT2D eigenvalue weighted by atomic mass is 16.4. The fourth-order valence-corrected chi connectivity index (χ4v) is 1.65. The van der Waals surface area contributed by atoms with E-state index >= 15 is 0 Å². The van der Waals surface area contributed by atoms with Crippen molar-refractivity contribution in [3.8, 4) is 0 Å². The number of hydrogen-bond donors (Lipinski definition) is 3. The molecule has 0 spiro atoms. The van der Waals surface area contributed by atoms with Crippen LogP contribution in [-0.2, 0) is 0 Å². The smallest absolute Gasteiger partial charge is 0.356 e. The summed E-state index contributed by atoms with van der Waals surface area (Å²) in [7, 11) is 0. The van der Waals surface area contributed by atoms with E-state index in [0.29, 0.717) is 0 Å². The molecule has 0 bridgehead atoms. The second-order valence-corrected chi connectivity index (χ2v) is 3.92. The summed E-state index contributed by atoms with van der Waals surface area (Å²) in [6, 6.07) is 6.08. The van der Waals surface area contributed by atoms with Crippen LogP contribution in [0.4, 0.5) is 5.69 Å². The van der Waals surface area contributed by atoms with E-state index in [1.807, 2.05) is 0 Å². The molecule has 4 N–H and O–H groups in total. The molecule has 106 valence electrons. The minimum absolute atomic E-state index is 0.103. The van der Waals surface area contributed by atoms with E-state index < -0.39 is 23.5 Å². The molecule has 1 heterocycles. The Bertz CT molecular complexity index is 730. The number of anilines is 1. The van der Waals surface area contributed by atoms with Gasteiger partial charge in [-0.25, -0.2) is 14.8 Å². The number of para-hydroxylation sites is 1. The first-order valence-corrected chi connectivity index (χ1v) is 5.75. The molecule has 0 saturated carbocycles. The Labute approximate surface area is 118 Å². The molecule has 8 heteroatoms. The summed E-state index contributed by atoms with van der Waals surface area (Å²) in [6.45, 7) is 0. The first-order chi connectivity index (χ1) is 10.0. The molecule has 1 aromatic carbocycles. The molecule has 0 unspecified atom stereocenters. The first-order valence-electron chi connectivity index (χ1n) is 5.75. The van der Waals surface area contributed by atoms with Crippen LogP contribution in [-0.4, -0.2) is 32.9 Å². The molecular weight excluding hydrogens is 276 g/mol. The number of carbonyl (C=O) groups excluding carboxylic acids is 2. The fraction of sp³-hybridized carbons (Fsp3) is 0. The number of hydrogen-bond acceptors (Lipinski definition) is 5. The van der Waals surface area contributed by atoms with Gasteiger partial charge in [-0.2, -0.15) is 0 Å². The van der Waals surface area contributed by atoms with Crippen LogP contribution < -0.4 is 11.1 Å². The first kappa shape index (κ1) is 14.1. The van der Waals surface area contributed by atoms with Gasteiger partial charge in [-0.05, 0) is 12.1 Å². The summed E-state index contributed by atoms with van der Waals surface area (Å²) in [6.07, 6.45) is 2.36. The van der Waals surface area contributed by atoms with Crippen molar-refractivity contribution in [2.75, 3.05) is 5.32 Å². The molecule has 0 saturated heterocycles. The van der Waals surface area contributed by atoms with Gasteiger partial charge in [-0.3, -0.25) is 9.59 Å². The lowest BCUT2D eigenvalue weighted by molar-refractivity contribution is 0.0684. The van der Waals surface area contributed by atoms with Crippen molar-refractivity contribution < 1.29 is 19.5 Å². The standard InChI is InChI=1S/C13H10N4O4/c14-11(18)7-3-1-2-4-8(7)17-12(19)9-10(13(20)21)16-6-5-15-9/h1-6H,(H2,14,18)(H,17,19)(H,20,21). The number of carboxylic acid groups (broad SMARTS) is 1. The SMILES string of the molecule is NC(=O)c1ccccc1NC(=O)c1nccnc1C(=O)O.